The lowest BCUT2D eigenvalue weighted by Crippen LogP contribution is -2.48. The number of rotatable bonds is 4. The third-order valence-electron chi connectivity index (χ3n) is 3.86. The Morgan fingerprint density at radius 2 is 1.96 bits per heavy atom. The molecule has 0 spiro atoms. The van der Waals surface area contributed by atoms with Crippen molar-refractivity contribution in [3.8, 4) is 0 Å². The van der Waals surface area contributed by atoms with Crippen LogP contribution in [0.3, 0.4) is 0 Å². The fourth-order valence-electron chi connectivity index (χ4n) is 2.56. The maximum absolute atomic E-state index is 12.8. The predicted octanol–water partition coefficient (Wildman–Crippen LogP) is 1.67. The summed E-state index contributed by atoms with van der Waals surface area (Å²) in [4.78, 5) is 41.0. The van der Waals surface area contributed by atoms with Crippen molar-refractivity contribution >= 4 is 23.4 Å². The number of hydrogen-bond donors (Lipinski definition) is 2. The minimum atomic E-state index is -4.60. The van der Waals surface area contributed by atoms with Gasteiger partial charge in [0.05, 0.1) is 23.2 Å². The fraction of sp³-hybridized carbons (Fsp3) is 0.176. The number of anilines is 1. The molecule has 1 aromatic carbocycles. The van der Waals surface area contributed by atoms with Gasteiger partial charge in [0.1, 0.15) is 6.04 Å². The molecule has 0 bridgehead atoms. The maximum atomic E-state index is 12.8. The van der Waals surface area contributed by atoms with Gasteiger partial charge in [-0.15, -0.1) is 0 Å². The first kappa shape index (κ1) is 18.5. The molecule has 1 aliphatic heterocycles. The summed E-state index contributed by atoms with van der Waals surface area (Å²) in [5, 5.41) is 0. The SMILES string of the molecule is O=C(NN[C@@H]1CC(=O)N(c2cccc(C(F)(F)F)c2)C1=O)c1cccnc1. The van der Waals surface area contributed by atoms with E-state index in [0.717, 1.165) is 18.2 Å². The summed E-state index contributed by atoms with van der Waals surface area (Å²) in [6.45, 7) is 0. The van der Waals surface area contributed by atoms with Gasteiger partial charge >= 0.3 is 6.18 Å². The van der Waals surface area contributed by atoms with E-state index in [-0.39, 0.29) is 17.7 Å². The van der Waals surface area contributed by atoms with Gasteiger partial charge in [0, 0.05) is 12.4 Å². The highest BCUT2D eigenvalue weighted by Crippen LogP contribution is 2.32. The highest BCUT2D eigenvalue weighted by molar-refractivity contribution is 6.22. The summed E-state index contributed by atoms with van der Waals surface area (Å²) in [7, 11) is 0. The molecule has 0 radical (unpaired) electrons. The number of nitrogens with zero attached hydrogens (tertiary/aromatic N) is 2. The lowest BCUT2D eigenvalue weighted by atomic mass is 10.2. The standard InChI is InChI=1S/C17H13F3N4O3/c18-17(19,20)11-4-1-5-12(7-11)24-14(25)8-13(16(24)27)22-23-15(26)10-3-2-6-21-9-10/h1-7,9,13,22H,8H2,(H,23,26)/t13-/m1/s1. The molecule has 1 aliphatic rings. The van der Waals surface area contributed by atoms with E-state index in [1.165, 1.54) is 24.5 Å². The van der Waals surface area contributed by atoms with Crippen molar-refractivity contribution in [2.75, 3.05) is 4.90 Å². The van der Waals surface area contributed by atoms with Crippen LogP contribution in [-0.2, 0) is 15.8 Å². The van der Waals surface area contributed by atoms with E-state index in [0.29, 0.717) is 4.90 Å². The van der Waals surface area contributed by atoms with Gasteiger partial charge in [-0.2, -0.15) is 13.2 Å². The number of carbonyl (C=O) groups is 3. The van der Waals surface area contributed by atoms with Gasteiger partial charge in [0.2, 0.25) is 5.91 Å². The van der Waals surface area contributed by atoms with Gasteiger partial charge in [-0.1, -0.05) is 6.07 Å². The molecule has 0 saturated carbocycles. The molecule has 3 rings (SSSR count). The molecule has 3 amide bonds. The van der Waals surface area contributed by atoms with Gasteiger partial charge in [-0.25, -0.2) is 10.3 Å². The third kappa shape index (κ3) is 3.95. The topological polar surface area (TPSA) is 91.4 Å². The van der Waals surface area contributed by atoms with Gasteiger partial charge in [-0.05, 0) is 30.3 Å². The maximum Gasteiger partial charge on any atom is 0.416 e. The van der Waals surface area contributed by atoms with Crippen LogP contribution < -0.4 is 15.8 Å². The van der Waals surface area contributed by atoms with Crippen molar-refractivity contribution in [1.82, 2.24) is 15.8 Å². The summed E-state index contributed by atoms with van der Waals surface area (Å²) in [6, 6.07) is 5.89. The predicted molar refractivity (Wildman–Crippen MR) is 87.2 cm³/mol. The van der Waals surface area contributed by atoms with Crippen molar-refractivity contribution in [2.24, 2.45) is 0 Å². The van der Waals surface area contributed by atoms with E-state index in [9.17, 15) is 27.6 Å². The second kappa shape index (κ2) is 7.16. The van der Waals surface area contributed by atoms with Crippen molar-refractivity contribution in [3.63, 3.8) is 0 Å². The monoisotopic (exact) mass is 378 g/mol. The van der Waals surface area contributed by atoms with Crippen molar-refractivity contribution in [2.45, 2.75) is 18.6 Å². The minimum absolute atomic E-state index is 0.178. The van der Waals surface area contributed by atoms with Gasteiger partial charge in [-0.3, -0.25) is 24.8 Å². The zero-order valence-corrected chi connectivity index (χ0v) is 13.7. The Hall–Kier alpha value is -3.27. The average molecular weight is 378 g/mol. The number of hydrogen-bond acceptors (Lipinski definition) is 5. The first-order valence-corrected chi connectivity index (χ1v) is 7.77. The molecule has 1 aromatic heterocycles. The highest BCUT2D eigenvalue weighted by atomic mass is 19.4. The first-order chi connectivity index (χ1) is 12.8. The quantitative estimate of drug-likeness (QED) is 0.624. The summed E-state index contributed by atoms with van der Waals surface area (Å²) in [5.41, 5.74) is 3.82. The second-order valence-corrected chi connectivity index (χ2v) is 5.71. The number of alkyl halides is 3. The molecule has 27 heavy (non-hydrogen) atoms. The molecular formula is C17H13F3N4O3. The second-order valence-electron chi connectivity index (χ2n) is 5.71. The molecule has 7 nitrogen and oxygen atoms in total. The van der Waals surface area contributed by atoms with E-state index in [1.807, 2.05) is 0 Å². The van der Waals surface area contributed by atoms with Crippen LogP contribution in [0.25, 0.3) is 0 Å². The molecule has 2 aromatic rings. The highest BCUT2D eigenvalue weighted by Gasteiger charge is 2.40. The molecule has 10 heteroatoms. The van der Waals surface area contributed by atoms with Crippen molar-refractivity contribution in [3.05, 3.63) is 59.9 Å². The zero-order valence-electron chi connectivity index (χ0n) is 13.7. The number of carbonyl (C=O) groups excluding carboxylic acids is 3. The number of aromatic nitrogens is 1. The van der Waals surface area contributed by atoms with Crippen LogP contribution in [0.2, 0.25) is 0 Å². The van der Waals surface area contributed by atoms with E-state index < -0.39 is 35.5 Å². The number of imide groups is 1. The van der Waals surface area contributed by atoms with Crippen LogP contribution in [0.1, 0.15) is 22.3 Å². The molecule has 140 valence electrons. The molecule has 1 fully saturated rings. The summed E-state index contributed by atoms with van der Waals surface area (Å²) in [5.74, 6) is -2.00. The van der Waals surface area contributed by atoms with E-state index >= 15 is 0 Å². The lowest BCUT2D eigenvalue weighted by molar-refractivity contribution is -0.137. The van der Waals surface area contributed by atoms with Crippen LogP contribution in [-0.4, -0.2) is 28.7 Å². The largest absolute Gasteiger partial charge is 0.416 e. The fourth-order valence-corrected chi connectivity index (χ4v) is 2.56. The number of pyridine rings is 1. The first-order valence-electron chi connectivity index (χ1n) is 7.77. The van der Waals surface area contributed by atoms with Crippen LogP contribution in [0.15, 0.2) is 48.8 Å². The Balaban J connectivity index is 1.71. The normalized spacial score (nSPS) is 17.3. The van der Waals surface area contributed by atoms with E-state index in [1.54, 1.807) is 6.07 Å². The molecule has 0 aliphatic carbocycles. The lowest BCUT2D eigenvalue weighted by Gasteiger charge is -2.17. The molecule has 1 saturated heterocycles. The molecule has 1 atom stereocenters. The Morgan fingerprint density at radius 1 is 1.19 bits per heavy atom. The smallest absolute Gasteiger partial charge is 0.287 e. The summed E-state index contributed by atoms with van der Waals surface area (Å²) in [6.07, 6.45) is -2.11. The van der Waals surface area contributed by atoms with Gasteiger partial charge in [0.15, 0.2) is 0 Å². The van der Waals surface area contributed by atoms with E-state index in [4.69, 9.17) is 0 Å². The number of benzene rings is 1. The molecular weight excluding hydrogens is 365 g/mol. The number of hydrazine groups is 1. The van der Waals surface area contributed by atoms with Crippen LogP contribution in [0.4, 0.5) is 18.9 Å². The van der Waals surface area contributed by atoms with Gasteiger partial charge in [0.25, 0.3) is 11.8 Å². The number of halogens is 3. The molecule has 2 heterocycles. The van der Waals surface area contributed by atoms with Crippen LogP contribution in [0, 0.1) is 0 Å². The molecule has 0 unspecified atom stereocenters. The van der Waals surface area contributed by atoms with Crippen molar-refractivity contribution < 1.29 is 27.6 Å². The van der Waals surface area contributed by atoms with Gasteiger partial charge < -0.3 is 0 Å². The Kier molecular flexibility index (Phi) is 4.91. The minimum Gasteiger partial charge on any atom is -0.287 e. The van der Waals surface area contributed by atoms with Crippen LogP contribution in [0.5, 0.6) is 0 Å². The Morgan fingerprint density at radius 3 is 2.63 bits per heavy atom. The Labute approximate surface area is 151 Å². The number of nitrogens with one attached hydrogen (secondary N) is 2. The summed E-state index contributed by atoms with van der Waals surface area (Å²) >= 11 is 0. The number of amides is 3. The summed E-state index contributed by atoms with van der Waals surface area (Å²) < 4.78 is 38.5. The average Bonchev–Trinajstić information content (AvgIpc) is 2.93. The van der Waals surface area contributed by atoms with Crippen LogP contribution >= 0.6 is 0 Å². The third-order valence-corrected chi connectivity index (χ3v) is 3.86. The molecule has 2 N–H and O–H groups in total. The zero-order chi connectivity index (χ0) is 19.6. The van der Waals surface area contributed by atoms with E-state index in [2.05, 4.69) is 15.8 Å². The van der Waals surface area contributed by atoms with Crippen molar-refractivity contribution in [1.29, 1.82) is 0 Å². The Bertz CT molecular complexity index is 886.